The predicted molar refractivity (Wildman–Crippen MR) is 101 cm³/mol. The van der Waals surface area contributed by atoms with E-state index in [2.05, 4.69) is 40.3 Å². The van der Waals surface area contributed by atoms with Crippen molar-refractivity contribution in [2.75, 3.05) is 39.3 Å². The highest BCUT2D eigenvalue weighted by atomic mass is 16.5. The van der Waals surface area contributed by atoms with Crippen LogP contribution in [0.2, 0.25) is 0 Å². The van der Waals surface area contributed by atoms with Crippen LogP contribution in [0.3, 0.4) is 0 Å². The van der Waals surface area contributed by atoms with Gasteiger partial charge in [-0.25, -0.2) is 4.99 Å². The van der Waals surface area contributed by atoms with E-state index in [1.807, 2.05) is 31.2 Å². The summed E-state index contributed by atoms with van der Waals surface area (Å²) in [7, 11) is 0. The van der Waals surface area contributed by atoms with Gasteiger partial charge in [0, 0.05) is 13.1 Å². The molecule has 2 N–H and O–H groups in total. The van der Waals surface area contributed by atoms with Gasteiger partial charge in [0.05, 0.1) is 13.1 Å². The van der Waals surface area contributed by atoms with E-state index in [0.717, 1.165) is 43.5 Å². The van der Waals surface area contributed by atoms with Crippen LogP contribution in [0, 0.1) is 12.3 Å². The SMILES string of the molecule is C#CCNC(=NCc1ccc(OCCN(CC)CC)cc1)NCC. The topological polar surface area (TPSA) is 48.9 Å². The second-order valence-corrected chi connectivity index (χ2v) is 5.27. The molecule has 0 unspecified atom stereocenters. The number of nitrogens with one attached hydrogen (secondary N) is 2. The van der Waals surface area contributed by atoms with Crippen LogP contribution >= 0.6 is 0 Å². The monoisotopic (exact) mass is 330 g/mol. The second-order valence-electron chi connectivity index (χ2n) is 5.27. The van der Waals surface area contributed by atoms with Crippen LogP contribution in [0.5, 0.6) is 5.75 Å². The van der Waals surface area contributed by atoms with Crippen molar-refractivity contribution in [3.05, 3.63) is 29.8 Å². The molecule has 0 amide bonds. The number of rotatable bonds is 10. The first-order valence-corrected chi connectivity index (χ1v) is 8.63. The van der Waals surface area contributed by atoms with Gasteiger partial charge in [-0.15, -0.1) is 6.42 Å². The van der Waals surface area contributed by atoms with Gasteiger partial charge >= 0.3 is 0 Å². The Morgan fingerprint density at radius 1 is 1.17 bits per heavy atom. The Kier molecular flexibility index (Phi) is 10.1. The molecule has 0 aliphatic heterocycles. The van der Waals surface area contributed by atoms with E-state index in [1.54, 1.807) is 0 Å². The van der Waals surface area contributed by atoms with E-state index >= 15 is 0 Å². The van der Waals surface area contributed by atoms with Crippen molar-refractivity contribution >= 4 is 5.96 Å². The highest BCUT2D eigenvalue weighted by Gasteiger charge is 2.00. The molecule has 1 aromatic carbocycles. The standard InChI is InChI=1S/C19H30N4O/c1-5-13-21-19(20-6-2)22-16-17-9-11-18(12-10-17)24-15-14-23(7-3)8-4/h1,9-12H,6-8,13-16H2,2-4H3,(H2,20,21,22). The summed E-state index contributed by atoms with van der Waals surface area (Å²) in [6, 6.07) is 8.08. The maximum atomic E-state index is 5.79. The molecule has 0 heterocycles. The molecule has 0 fully saturated rings. The van der Waals surface area contributed by atoms with Crippen molar-refractivity contribution in [2.24, 2.45) is 4.99 Å². The Morgan fingerprint density at radius 2 is 1.88 bits per heavy atom. The van der Waals surface area contributed by atoms with Crippen molar-refractivity contribution in [3.63, 3.8) is 0 Å². The van der Waals surface area contributed by atoms with Crippen molar-refractivity contribution in [2.45, 2.75) is 27.3 Å². The third-order valence-electron chi connectivity index (χ3n) is 3.62. The number of aliphatic imine (C=N–C) groups is 1. The number of nitrogens with zero attached hydrogens (tertiary/aromatic N) is 2. The van der Waals surface area contributed by atoms with Gasteiger partial charge in [-0.05, 0) is 37.7 Å². The number of likely N-dealkylation sites (N-methyl/N-ethyl adjacent to an activating group) is 1. The maximum Gasteiger partial charge on any atom is 0.192 e. The Balaban J connectivity index is 2.47. The van der Waals surface area contributed by atoms with Crippen molar-refractivity contribution < 1.29 is 4.74 Å². The second kappa shape index (κ2) is 12.3. The molecule has 5 nitrogen and oxygen atoms in total. The minimum absolute atomic E-state index is 0.463. The predicted octanol–water partition coefficient (Wildman–Crippen LogP) is 2.10. The molecular weight excluding hydrogens is 300 g/mol. The summed E-state index contributed by atoms with van der Waals surface area (Å²) in [6.07, 6.45) is 5.26. The zero-order chi connectivity index (χ0) is 17.6. The largest absolute Gasteiger partial charge is 0.492 e. The summed E-state index contributed by atoms with van der Waals surface area (Å²) in [5, 5.41) is 6.24. The lowest BCUT2D eigenvalue weighted by Gasteiger charge is -2.18. The van der Waals surface area contributed by atoms with Crippen molar-refractivity contribution in [3.8, 4) is 18.1 Å². The molecule has 1 rings (SSSR count). The van der Waals surface area contributed by atoms with Crippen molar-refractivity contribution in [1.29, 1.82) is 0 Å². The summed E-state index contributed by atoms with van der Waals surface area (Å²) in [4.78, 5) is 6.85. The Bertz CT molecular complexity index is 515. The zero-order valence-corrected chi connectivity index (χ0v) is 15.1. The normalized spacial score (nSPS) is 11.2. The van der Waals surface area contributed by atoms with E-state index in [-0.39, 0.29) is 0 Å². The van der Waals surface area contributed by atoms with Crippen LogP contribution in [0.4, 0.5) is 0 Å². The van der Waals surface area contributed by atoms with Crippen LogP contribution in [-0.2, 0) is 6.54 Å². The van der Waals surface area contributed by atoms with Crippen molar-refractivity contribution in [1.82, 2.24) is 15.5 Å². The molecule has 0 aliphatic carbocycles. The molecule has 0 spiro atoms. The van der Waals surface area contributed by atoms with E-state index < -0.39 is 0 Å². The van der Waals surface area contributed by atoms with Crippen LogP contribution in [0.1, 0.15) is 26.3 Å². The molecule has 0 saturated carbocycles. The fraction of sp³-hybridized carbons (Fsp3) is 0.526. The summed E-state index contributed by atoms with van der Waals surface area (Å²) in [5.74, 6) is 4.17. The molecule has 5 heteroatoms. The number of hydrogen-bond acceptors (Lipinski definition) is 3. The molecule has 0 aromatic heterocycles. The summed E-state index contributed by atoms with van der Waals surface area (Å²) in [6.45, 7) is 12.0. The van der Waals surface area contributed by atoms with E-state index in [1.165, 1.54) is 0 Å². The van der Waals surface area contributed by atoms with Gasteiger partial charge in [-0.3, -0.25) is 0 Å². The van der Waals surface area contributed by atoms with E-state index in [9.17, 15) is 0 Å². The minimum atomic E-state index is 0.463. The highest BCUT2D eigenvalue weighted by molar-refractivity contribution is 5.79. The fourth-order valence-corrected chi connectivity index (χ4v) is 2.17. The average Bonchev–Trinajstić information content (AvgIpc) is 2.62. The molecule has 0 radical (unpaired) electrons. The van der Waals surface area contributed by atoms with Crippen LogP contribution in [0.25, 0.3) is 0 Å². The highest BCUT2D eigenvalue weighted by Crippen LogP contribution is 2.12. The summed E-state index contributed by atoms with van der Waals surface area (Å²) >= 11 is 0. The number of terminal acetylenes is 1. The molecular formula is C19H30N4O. The van der Waals surface area contributed by atoms with Gasteiger partial charge in [-0.1, -0.05) is 31.9 Å². The summed E-state index contributed by atoms with van der Waals surface area (Å²) in [5.41, 5.74) is 1.13. The van der Waals surface area contributed by atoms with Crippen LogP contribution in [0.15, 0.2) is 29.3 Å². The number of benzene rings is 1. The maximum absolute atomic E-state index is 5.79. The molecule has 0 bridgehead atoms. The minimum Gasteiger partial charge on any atom is -0.492 e. The fourth-order valence-electron chi connectivity index (χ4n) is 2.17. The smallest absolute Gasteiger partial charge is 0.192 e. The van der Waals surface area contributed by atoms with Gasteiger partial charge in [0.2, 0.25) is 0 Å². The molecule has 1 aromatic rings. The van der Waals surface area contributed by atoms with Gasteiger partial charge < -0.3 is 20.3 Å². The van der Waals surface area contributed by atoms with Gasteiger partial charge in [0.1, 0.15) is 12.4 Å². The molecule has 132 valence electrons. The molecule has 24 heavy (non-hydrogen) atoms. The van der Waals surface area contributed by atoms with Crippen LogP contribution < -0.4 is 15.4 Å². The first-order valence-electron chi connectivity index (χ1n) is 8.63. The average molecular weight is 330 g/mol. The lowest BCUT2D eigenvalue weighted by molar-refractivity contribution is 0.223. The van der Waals surface area contributed by atoms with Gasteiger partial charge in [0.15, 0.2) is 5.96 Å². The molecule has 0 aliphatic rings. The first kappa shape index (κ1) is 19.9. The summed E-state index contributed by atoms with van der Waals surface area (Å²) < 4.78 is 5.79. The lowest BCUT2D eigenvalue weighted by atomic mass is 10.2. The Labute approximate surface area is 146 Å². The molecule has 0 atom stereocenters. The third-order valence-corrected chi connectivity index (χ3v) is 3.62. The van der Waals surface area contributed by atoms with Gasteiger partial charge in [-0.2, -0.15) is 0 Å². The number of ether oxygens (including phenoxy) is 1. The number of hydrogen-bond donors (Lipinski definition) is 2. The lowest BCUT2D eigenvalue weighted by Crippen LogP contribution is -2.37. The van der Waals surface area contributed by atoms with Crippen LogP contribution in [-0.4, -0.2) is 50.2 Å². The quantitative estimate of drug-likeness (QED) is 0.392. The van der Waals surface area contributed by atoms with E-state index in [4.69, 9.17) is 11.2 Å². The molecule has 0 saturated heterocycles. The Morgan fingerprint density at radius 3 is 2.46 bits per heavy atom. The Hall–Kier alpha value is -2.19. The van der Waals surface area contributed by atoms with Gasteiger partial charge in [0.25, 0.3) is 0 Å². The zero-order valence-electron chi connectivity index (χ0n) is 15.1. The first-order chi connectivity index (χ1) is 11.7. The van der Waals surface area contributed by atoms with E-state index in [0.29, 0.717) is 19.7 Å². The third kappa shape index (κ3) is 7.89. The number of guanidine groups is 1.